The van der Waals surface area contributed by atoms with Crippen LogP contribution in [0.2, 0.25) is 0 Å². The van der Waals surface area contributed by atoms with Crippen LogP contribution in [0.5, 0.6) is 5.88 Å². The number of hydrogen-bond donors (Lipinski definition) is 0. The fourth-order valence-corrected chi connectivity index (χ4v) is 2.90. The molecular formula is C19H17FN4O2. The lowest BCUT2D eigenvalue weighted by Crippen LogP contribution is -2.38. The highest BCUT2D eigenvalue weighted by molar-refractivity contribution is 5.94. The lowest BCUT2D eigenvalue weighted by Gasteiger charge is -2.27. The maximum atomic E-state index is 13.0. The number of ether oxygens (including phenoxy) is 1. The molecule has 0 aliphatic carbocycles. The first-order valence-corrected chi connectivity index (χ1v) is 8.32. The Kier molecular flexibility index (Phi) is 4.35. The minimum atomic E-state index is -0.353. The van der Waals surface area contributed by atoms with Crippen LogP contribution in [0, 0.1) is 5.82 Å². The van der Waals surface area contributed by atoms with E-state index in [-0.39, 0.29) is 11.7 Å². The van der Waals surface area contributed by atoms with Crippen LogP contribution < -0.4 is 4.74 Å². The summed E-state index contributed by atoms with van der Waals surface area (Å²) in [7, 11) is 0. The third kappa shape index (κ3) is 3.42. The molecule has 0 N–H and O–H groups in total. The fraction of sp³-hybridized carbons (Fsp3) is 0.211. The van der Waals surface area contributed by atoms with Gasteiger partial charge in [-0.2, -0.15) is 0 Å². The molecule has 26 heavy (non-hydrogen) atoms. The van der Waals surface area contributed by atoms with Gasteiger partial charge in [0.25, 0.3) is 5.91 Å². The van der Waals surface area contributed by atoms with Crippen LogP contribution in [0.1, 0.15) is 21.6 Å². The number of amides is 1. The van der Waals surface area contributed by atoms with Gasteiger partial charge >= 0.3 is 0 Å². The standard InChI is InChI=1S/C19H17FN4O2/c20-16-5-3-15(4-6-16)19(25)23-8-9-24-17(12-23)10-18(22-24)26-13-14-2-1-7-21-11-14/h1-7,10-11H,8-9,12-13H2. The number of carbonyl (C=O) groups is 1. The third-order valence-electron chi connectivity index (χ3n) is 4.26. The van der Waals surface area contributed by atoms with E-state index in [4.69, 9.17) is 4.74 Å². The Hall–Kier alpha value is -3.22. The SMILES string of the molecule is O=C(c1ccc(F)cc1)N1CCn2nc(OCc3cccnc3)cc2C1. The molecule has 1 aliphatic heterocycles. The summed E-state index contributed by atoms with van der Waals surface area (Å²) in [5.74, 6) is 0.0592. The van der Waals surface area contributed by atoms with Gasteiger partial charge in [0, 0.05) is 36.1 Å². The second kappa shape index (κ2) is 6.95. The number of hydrogen-bond acceptors (Lipinski definition) is 4. The fourth-order valence-electron chi connectivity index (χ4n) is 2.90. The highest BCUT2D eigenvalue weighted by atomic mass is 19.1. The van der Waals surface area contributed by atoms with E-state index in [9.17, 15) is 9.18 Å². The summed E-state index contributed by atoms with van der Waals surface area (Å²) in [5.41, 5.74) is 2.35. The molecular weight excluding hydrogens is 335 g/mol. The molecule has 0 fully saturated rings. The Bertz CT molecular complexity index is 909. The van der Waals surface area contributed by atoms with Gasteiger partial charge in [0.05, 0.1) is 18.8 Å². The Morgan fingerprint density at radius 2 is 2.04 bits per heavy atom. The lowest BCUT2D eigenvalue weighted by molar-refractivity contribution is 0.0706. The molecule has 7 heteroatoms. The first-order valence-electron chi connectivity index (χ1n) is 8.32. The van der Waals surface area contributed by atoms with Crippen LogP contribution in [0.3, 0.4) is 0 Å². The molecule has 0 bridgehead atoms. The van der Waals surface area contributed by atoms with Crippen molar-refractivity contribution in [2.75, 3.05) is 6.54 Å². The minimum Gasteiger partial charge on any atom is -0.472 e. The summed E-state index contributed by atoms with van der Waals surface area (Å²) in [6.45, 7) is 1.98. The Labute approximate surface area is 149 Å². The van der Waals surface area contributed by atoms with Crippen LogP contribution in [0.4, 0.5) is 4.39 Å². The lowest BCUT2D eigenvalue weighted by atomic mass is 10.1. The van der Waals surface area contributed by atoms with Gasteiger partial charge in [-0.1, -0.05) is 6.07 Å². The Balaban J connectivity index is 1.43. The van der Waals surface area contributed by atoms with E-state index in [1.54, 1.807) is 17.3 Å². The number of halogens is 1. The first-order chi connectivity index (χ1) is 12.7. The van der Waals surface area contributed by atoms with E-state index in [0.29, 0.717) is 37.7 Å². The van der Waals surface area contributed by atoms with E-state index < -0.39 is 0 Å². The van der Waals surface area contributed by atoms with Crippen molar-refractivity contribution in [2.45, 2.75) is 19.7 Å². The summed E-state index contributed by atoms with van der Waals surface area (Å²) < 4.78 is 20.6. The van der Waals surface area contributed by atoms with Gasteiger partial charge in [-0.3, -0.25) is 14.5 Å². The summed E-state index contributed by atoms with van der Waals surface area (Å²) in [6.07, 6.45) is 3.46. The molecule has 0 saturated heterocycles. The molecule has 3 aromatic rings. The summed E-state index contributed by atoms with van der Waals surface area (Å²) in [6, 6.07) is 11.2. The van der Waals surface area contributed by atoms with Crippen LogP contribution in [0.25, 0.3) is 0 Å². The van der Waals surface area contributed by atoms with Gasteiger partial charge in [0.15, 0.2) is 0 Å². The van der Waals surface area contributed by atoms with E-state index in [0.717, 1.165) is 11.3 Å². The van der Waals surface area contributed by atoms with Crippen molar-refractivity contribution in [3.63, 3.8) is 0 Å². The quantitative estimate of drug-likeness (QED) is 0.724. The zero-order chi connectivity index (χ0) is 17.9. The van der Waals surface area contributed by atoms with Gasteiger partial charge in [0.2, 0.25) is 5.88 Å². The van der Waals surface area contributed by atoms with Gasteiger partial charge in [0.1, 0.15) is 12.4 Å². The summed E-state index contributed by atoms with van der Waals surface area (Å²) in [5, 5.41) is 4.43. The predicted molar refractivity (Wildman–Crippen MR) is 91.9 cm³/mol. The van der Waals surface area contributed by atoms with Gasteiger partial charge in [-0.25, -0.2) is 4.39 Å². The second-order valence-corrected chi connectivity index (χ2v) is 6.08. The highest BCUT2D eigenvalue weighted by Crippen LogP contribution is 2.20. The molecule has 0 atom stereocenters. The normalized spacial score (nSPS) is 13.3. The number of nitrogens with zero attached hydrogens (tertiary/aromatic N) is 4. The monoisotopic (exact) mass is 352 g/mol. The summed E-state index contributed by atoms with van der Waals surface area (Å²) >= 11 is 0. The molecule has 1 amide bonds. The molecule has 0 saturated carbocycles. The van der Waals surface area contributed by atoms with Crippen LogP contribution >= 0.6 is 0 Å². The molecule has 1 aromatic carbocycles. The molecule has 132 valence electrons. The number of fused-ring (bicyclic) bond motifs is 1. The molecule has 3 heterocycles. The average Bonchev–Trinajstić information content (AvgIpc) is 3.09. The predicted octanol–water partition coefficient (Wildman–Crippen LogP) is 2.65. The van der Waals surface area contributed by atoms with E-state index in [1.807, 2.05) is 22.9 Å². The van der Waals surface area contributed by atoms with Crippen molar-refractivity contribution in [1.29, 1.82) is 0 Å². The van der Waals surface area contributed by atoms with Crippen LogP contribution in [0.15, 0.2) is 54.9 Å². The van der Waals surface area contributed by atoms with Gasteiger partial charge in [-0.05, 0) is 30.3 Å². The van der Waals surface area contributed by atoms with Crippen molar-refractivity contribution in [1.82, 2.24) is 19.7 Å². The molecule has 1 aliphatic rings. The van der Waals surface area contributed by atoms with Crippen molar-refractivity contribution >= 4 is 5.91 Å². The maximum absolute atomic E-state index is 13.0. The molecule has 2 aromatic heterocycles. The zero-order valence-electron chi connectivity index (χ0n) is 14.0. The maximum Gasteiger partial charge on any atom is 0.254 e. The number of aromatic nitrogens is 3. The zero-order valence-corrected chi connectivity index (χ0v) is 14.0. The van der Waals surface area contributed by atoms with Crippen molar-refractivity contribution < 1.29 is 13.9 Å². The number of pyridine rings is 1. The second-order valence-electron chi connectivity index (χ2n) is 6.08. The van der Waals surface area contributed by atoms with Gasteiger partial charge in [-0.15, -0.1) is 5.10 Å². The Morgan fingerprint density at radius 1 is 1.19 bits per heavy atom. The molecule has 0 spiro atoms. The Morgan fingerprint density at radius 3 is 2.81 bits per heavy atom. The van der Waals surface area contributed by atoms with Crippen molar-refractivity contribution in [3.05, 3.63) is 77.5 Å². The topological polar surface area (TPSA) is 60.2 Å². The summed E-state index contributed by atoms with van der Waals surface area (Å²) in [4.78, 5) is 18.4. The van der Waals surface area contributed by atoms with Crippen molar-refractivity contribution in [3.8, 4) is 5.88 Å². The number of carbonyl (C=O) groups excluding carboxylic acids is 1. The van der Waals surface area contributed by atoms with Gasteiger partial charge < -0.3 is 9.64 Å². The molecule has 6 nitrogen and oxygen atoms in total. The van der Waals surface area contributed by atoms with E-state index in [1.165, 1.54) is 24.3 Å². The third-order valence-corrected chi connectivity index (χ3v) is 4.26. The minimum absolute atomic E-state index is 0.115. The number of rotatable bonds is 4. The average molecular weight is 352 g/mol. The molecule has 0 radical (unpaired) electrons. The van der Waals surface area contributed by atoms with Crippen molar-refractivity contribution in [2.24, 2.45) is 0 Å². The smallest absolute Gasteiger partial charge is 0.254 e. The van der Waals surface area contributed by atoms with E-state index in [2.05, 4.69) is 10.1 Å². The molecule has 0 unspecified atom stereocenters. The van der Waals surface area contributed by atoms with Crippen LogP contribution in [-0.4, -0.2) is 32.1 Å². The van der Waals surface area contributed by atoms with Crippen LogP contribution in [-0.2, 0) is 19.7 Å². The number of benzene rings is 1. The van der Waals surface area contributed by atoms with E-state index >= 15 is 0 Å². The highest BCUT2D eigenvalue weighted by Gasteiger charge is 2.23. The largest absolute Gasteiger partial charge is 0.472 e. The first kappa shape index (κ1) is 16.3. The molecule has 4 rings (SSSR count).